The van der Waals surface area contributed by atoms with Gasteiger partial charge in [-0.15, -0.1) is 13.2 Å². The van der Waals surface area contributed by atoms with Gasteiger partial charge in [-0.25, -0.2) is 0 Å². The van der Waals surface area contributed by atoms with E-state index in [2.05, 4.69) is 13.2 Å². The van der Waals surface area contributed by atoms with Gasteiger partial charge >= 0.3 is 0 Å². The lowest BCUT2D eigenvalue weighted by Gasteiger charge is -2.11. The van der Waals surface area contributed by atoms with Crippen LogP contribution in [0.2, 0.25) is 0 Å². The van der Waals surface area contributed by atoms with Crippen molar-refractivity contribution in [1.29, 1.82) is 0 Å². The van der Waals surface area contributed by atoms with Gasteiger partial charge in [-0.05, 0) is 26.7 Å². The summed E-state index contributed by atoms with van der Waals surface area (Å²) in [6, 6.07) is 0. The molecule has 0 fully saturated rings. The largest absolute Gasteiger partial charge is 0.396 e. The molecule has 0 rings (SSSR count). The van der Waals surface area contributed by atoms with Crippen LogP contribution >= 0.6 is 0 Å². The summed E-state index contributed by atoms with van der Waals surface area (Å²) in [4.78, 5) is 0. The van der Waals surface area contributed by atoms with E-state index < -0.39 is 0 Å². The predicted molar refractivity (Wildman–Crippen MR) is 74.4 cm³/mol. The van der Waals surface area contributed by atoms with Crippen molar-refractivity contribution in [3.63, 3.8) is 0 Å². The van der Waals surface area contributed by atoms with Gasteiger partial charge in [0, 0.05) is 25.7 Å². The number of aliphatic hydroxyl groups excluding tert-OH is 3. The molecule has 2 atom stereocenters. The second-order valence-corrected chi connectivity index (χ2v) is 4.11. The molecule has 4 heteroatoms. The Morgan fingerprint density at radius 2 is 1.44 bits per heavy atom. The van der Waals surface area contributed by atoms with Gasteiger partial charge in [-0.2, -0.15) is 0 Å². The highest BCUT2D eigenvalue weighted by Crippen LogP contribution is 2.02. The molecular formula is C14H28O4. The maximum Gasteiger partial charge on any atom is 0.0732 e. The van der Waals surface area contributed by atoms with Gasteiger partial charge in [0.2, 0.25) is 0 Å². The number of ether oxygens (including phenoxy) is 1. The van der Waals surface area contributed by atoms with Gasteiger partial charge in [0.1, 0.15) is 0 Å². The van der Waals surface area contributed by atoms with Crippen LogP contribution in [0.4, 0.5) is 0 Å². The predicted octanol–water partition coefficient (Wildman–Crippen LogP) is 1.51. The van der Waals surface area contributed by atoms with Crippen LogP contribution in [-0.2, 0) is 4.74 Å². The van der Waals surface area contributed by atoms with Crippen molar-refractivity contribution < 1.29 is 20.1 Å². The Morgan fingerprint density at radius 3 is 1.72 bits per heavy atom. The number of hydrogen-bond donors (Lipinski definition) is 3. The summed E-state index contributed by atoms with van der Waals surface area (Å²) >= 11 is 0. The van der Waals surface area contributed by atoms with E-state index in [1.807, 2.05) is 13.8 Å². The molecule has 0 bridgehead atoms. The Bertz CT molecular complexity index is 178. The molecule has 0 saturated heterocycles. The smallest absolute Gasteiger partial charge is 0.0732 e. The Hall–Kier alpha value is -0.680. The monoisotopic (exact) mass is 260 g/mol. The van der Waals surface area contributed by atoms with E-state index >= 15 is 0 Å². The average Bonchev–Trinajstić information content (AvgIpc) is 2.40. The highest BCUT2D eigenvalue weighted by molar-refractivity contribution is 4.81. The minimum atomic E-state index is -0.0443. The highest BCUT2D eigenvalue weighted by Gasteiger charge is 2.03. The molecule has 0 heterocycles. The van der Waals surface area contributed by atoms with Gasteiger partial charge < -0.3 is 20.1 Å². The number of hydrogen-bond acceptors (Lipinski definition) is 4. The third kappa shape index (κ3) is 13.4. The molecule has 18 heavy (non-hydrogen) atoms. The van der Waals surface area contributed by atoms with Crippen molar-refractivity contribution in [3.8, 4) is 0 Å². The zero-order chi connectivity index (χ0) is 14.4. The number of aliphatic hydroxyl groups is 3. The summed E-state index contributed by atoms with van der Waals surface area (Å²) in [5.74, 6) is -0.0443. The molecular weight excluding hydrogens is 232 g/mol. The Labute approximate surface area is 111 Å². The number of rotatable bonds is 9. The SMILES string of the molecule is C=CC(C)OC(C)C=C.OCCCC(CO)CO. The zero-order valence-electron chi connectivity index (χ0n) is 11.6. The summed E-state index contributed by atoms with van der Waals surface area (Å²) in [6.07, 6.45) is 5.13. The average molecular weight is 260 g/mol. The lowest BCUT2D eigenvalue weighted by molar-refractivity contribution is 0.0635. The van der Waals surface area contributed by atoms with Gasteiger partial charge in [0.25, 0.3) is 0 Å². The van der Waals surface area contributed by atoms with Crippen LogP contribution in [0.25, 0.3) is 0 Å². The third-order valence-electron chi connectivity index (χ3n) is 2.38. The van der Waals surface area contributed by atoms with E-state index in [-0.39, 0.29) is 37.9 Å². The summed E-state index contributed by atoms with van der Waals surface area (Å²) < 4.78 is 5.31. The van der Waals surface area contributed by atoms with Gasteiger partial charge in [-0.3, -0.25) is 0 Å². The zero-order valence-corrected chi connectivity index (χ0v) is 11.6. The summed E-state index contributed by atoms with van der Waals surface area (Å²) in [6.45, 7) is 11.2. The first-order valence-electron chi connectivity index (χ1n) is 6.28. The van der Waals surface area contributed by atoms with E-state index in [1.165, 1.54) is 0 Å². The van der Waals surface area contributed by atoms with E-state index in [0.717, 1.165) is 0 Å². The molecule has 0 saturated carbocycles. The molecule has 108 valence electrons. The van der Waals surface area contributed by atoms with Crippen molar-refractivity contribution in [2.75, 3.05) is 19.8 Å². The molecule has 0 aliphatic heterocycles. The molecule has 0 aromatic carbocycles. The van der Waals surface area contributed by atoms with Crippen molar-refractivity contribution in [3.05, 3.63) is 25.3 Å². The van der Waals surface area contributed by atoms with Crippen LogP contribution in [0.1, 0.15) is 26.7 Å². The van der Waals surface area contributed by atoms with E-state index in [4.69, 9.17) is 20.1 Å². The van der Waals surface area contributed by atoms with Crippen LogP contribution in [0.15, 0.2) is 25.3 Å². The van der Waals surface area contributed by atoms with E-state index in [9.17, 15) is 0 Å². The van der Waals surface area contributed by atoms with E-state index in [0.29, 0.717) is 12.8 Å². The van der Waals surface area contributed by atoms with Gasteiger partial charge in [0.05, 0.1) is 12.2 Å². The Kier molecular flexibility index (Phi) is 15.7. The second kappa shape index (κ2) is 14.4. The lowest BCUT2D eigenvalue weighted by atomic mass is 10.1. The topological polar surface area (TPSA) is 69.9 Å². The molecule has 0 aliphatic rings. The Balaban J connectivity index is 0. The minimum Gasteiger partial charge on any atom is -0.396 e. The summed E-state index contributed by atoms with van der Waals surface area (Å²) in [5.41, 5.74) is 0. The van der Waals surface area contributed by atoms with Crippen LogP contribution in [-0.4, -0.2) is 47.3 Å². The molecule has 0 aromatic heterocycles. The molecule has 0 aliphatic carbocycles. The van der Waals surface area contributed by atoms with Gasteiger partial charge in [-0.1, -0.05) is 12.2 Å². The van der Waals surface area contributed by atoms with Crippen molar-refractivity contribution >= 4 is 0 Å². The quantitative estimate of drug-likeness (QED) is 0.550. The molecule has 0 amide bonds. The maximum atomic E-state index is 8.51. The third-order valence-corrected chi connectivity index (χ3v) is 2.38. The fourth-order valence-corrected chi connectivity index (χ4v) is 1.07. The summed E-state index contributed by atoms with van der Waals surface area (Å²) in [7, 11) is 0. The summed E-state index contributed by atoms with van der Waals surface area (Å²) in [5, 5.41) is 25.4. The lowest BCUT2D eigenvalue weighted by Crippen LogP contribution is -2.11. The first-order chi connectivity index (χ1) is 8.55. The fraction of sp³-hybridized carbons (Fsp3) is 0.714. The van der Waals surface area contributed by atoms with Crippen LogP contribution in [0, 0.1) is 5.92 Å². The molecule has 0 spiro atoms. The Morgan fingerprint density at radius 1 is 1.00 bits per heavy atom. The maximum absolute atomic E-state index is 8.51. The highest BCUT2D eigenvalue weighted by atomic mass is 16.5. The molecule has 2 unspecified atom stereocenters. The normalized spacial score (nSPS) is 13.4. The first-order valence-corrected chi connectivity index (χ1v) is 6.28. The second-order valence-electron chi connectivity index (χ2n) is 4.11. The van der Waals surface area contributed by atoms with Crippen LogP contribution < -0.4 is 0 Å². The standard InChI is InChI=1S/C8H14O.C6H14O3/c1-5-7(3)9-8(4)6-2;7-3-1-2-6(4-8)5-9/h5-8H,1-2H2,3-4H3;6-9H,1-5H2. The van der Waals surface area contributed by atoms with Gasteiger partial charge in [0.15, 0.2) is 0 Å². The molecule has 0 radical (unpaired) electrons. The molecule has 4 nitrogen and oxygen atoms in total. The molecule has 3 N–H and O–H groups in total. The first kappa shape index (κ1) is 19.7. The fourth-order valence-electron chi connectivity index (χ4n) is 1.07. The van der Waals surface area contributed by atoms with Crippen LogP contribution in [0.3, 0.4) is 0 Å². The van der Waals surface area contributed by atoms with Crippen molar-refractivity contribution in [2.45, 2.75) is 38.9 Å². The van der Waals surface area contributed by atoms with Crippen molar-refractivity contribution in [2.24, 2.45) is 5.92 Å². The molecule has 0 aromatic rings. The van der Waals surface area contributed by atoms with E-state index in [1.54, 1.807) is 12.2 Å². The van der Waals surface area contributed by atoms with Crippen LogP contribution in [0.5, 0.6) is 0 Å². The minimum absolute atomic E-state index is 0.0104. The van der Waals surface area contributed by atoms with Crippen molar-refractivity contribution in [1.82, 2.24) is 0 Å².